The van der Waals surface area contributed by atoms with Crippen LogP contribution in [0, 0.1) is 5.41 Å². The Kier molecular flexibility index (Phi) is 4.67. The van der Waals surface area contributed by atoms with Crippen molar-refractivity contribution in [3.05, 3.63) is 29.3 Å². The van der Waals surface area contributed by atoms with Gasteiger partial charge in [-0.15, -0.1) is 0 Å². The van der Waals surface area contributed by atoms with E-state index in [1.54, 1.807) is 0 Å². The average Bonchev–Trinajstić information content (AvgIpc) is 2.72. The highest BCUT2D eigenvalue weighted by Crippen LogP contribution is 2.28. The second-order valence-corrected chi connectivity index (χ2v) is 8.52. The van der Waals surface area contributed by atoms with Crippen molar-refractivity contribution in [2.24, 2.45) is 5.41 Å². The van der Waals surface area contributed by atoms with Crippen molar-refractivity contribution in [1.82, 2.24) is 5.32 Å². The Labute approximate surface area is 134 Å². The molecule has 22 heavy (non-hydrogen) atoms. The third kappa shape index (κ3) is 4.57. The molecule has 3 heteroatoms. The molecule has 1 aromatic carbocycles. The minimum absolute atomic E-state index is 0.0410. The monoisotopic (exact) mass is 302 g/mol. The fourth-order valence-electron chi connectivity index (χ4n) is 3.53. The van der Waals surface area contributed by atoms with Crippen LogP contribution in [-0.2, 0) is 6.42 Å². The molecule has 2 N–H and O–H groups in total. The maximum Gasteiger partial charge on any atom is 0.176 e. The van der Waals surface area contributed by atoms with Crippen molar-refractivity contribution in [2.45, 2.75) is 66.0 Å². The summed E-state index contributed by atoms with van der Waals surface area (Å²) in [5.74, 6) is 0.171. The topological polar surface area (TPSA) is 41.1 Å². The van der Waals surface area contributed by atoms with Crippen molar-refractivity contribution in [2.75, 3.05) is 11.9 Å². The standard InChI is InChI=1S/C19H30N2O/c1-13-9-15-10-14(7-8-16(15)21-13)17(22)11-20-19(5,6)12-18(2,3)4/h7-8,10,13,20-21H,9,11-12H2,1-6H3. The molecule has 0 spiro atoms. The Balaban J connectivity index is 1.97. The molecule has 0 fully saturated rings. The molecule has 0 saturated carbocycles. The highest BCUT2D eigenvalue weighted by Gasteiger charge is 2.26. The minimum Gasteiger partial charge on any atom is -0.382 e. The predicted molar refractivity (Wildman–Crippen MR) is 93.7 cm³/mol. The molecule has 122 valence electrons. The number of benzene rings is 1. The van der Waals surface area contributed by atoms with Crippen LogP contribution >= 0.6 is 0 Å². The molecule has 1 aliphatic rings. The molecular formula is C19H30N2O. The smallest absolute Gasteiger partial charge is 0.176 e. The molecule has 0 bridgehead atoms. The summed E-state index contributed by atoms with van der Waals surface area (Å²) in [6.07, 6.45) is 2.03. The number of hydrogen-bond acceptors (Lipinski definition) is 3. The summed E-state index contributed by atoms with van der Waals surface area (Å²) in [7, 11) is 0. The summed E-state index contributed by atoms with van der Waals surface area (Å²) >= 11 is 0. The lowest BCUT2D eigenvalue weighted by Crippen LogP contribution is -2.44. The van der Waals surface area contributed by atoms with Gasteiger partial charge in [0.2, 0.25) is 0 Å². The molecule has 1 aromatic rings. The van der Waals surface area contributed by atoms with E-state index in [9.17, 15) is 4.79 Å². The van der Waals surface area contributed by atoms with Gasteiger partial charge in [-0.05, 0) is 62.8 Å². The zero-order valence-corrected chi connectivity index (χ0v) is 14.8. The molecule has 0 aliphatic carbocycles. The first-order valence-corrected chi connectivity index (χ1v) is 8.23. The SMILES string of the molecule is CC1Cc2cc(C(=O)CNC(C)(C)CC(C)(C)C)ccc2N1. The molecule has 1 atom stereocenters. The van der Waals surface area contributed by atoms with Crippen LogP contribution in [0.2, 0.25) is 0 Å². The molecule has 0 radical (unpaired) electrons. The fraction of sp³-hybridized carbons (Fsp3) is 0.632. The van der Waals surface area contributed by atoms with Crippen LogP contribution in [0.5, 0.6) is 0 Å². The summed E-state index contributed by atoms with van der Waals surface area (Å²) in [5, 5.41) is 6.84. The van der Waals surface area contributed by atoms with E-state index in [4.69, 9.17) is 0 Å². The van der Waals surface area contributed by atoms with E-state index < -0.39 is 0 Å². The predicted octanol–water partition coefficient (Wildman–Crippen LogP) is 4.03. The number of carbonyl (C=O) groups excluding carboxylic acids is 1. The molecule has 2 rings (SSSR count). The highest BCUT2D eigenvalue weighted by atomic mass is 16.1. The molecule has 0 aromatic heterocycles. The highest BCUT2D eigenvalue weighted by molar-refractivity contribution is 5.98. The van der Waals surface area contributed by atoms with Gasteiger partial charge >= 0.3 is 0 Å². The average molecular weight is 302 g/mol. The summed E-state index contributed by atoms with van der Waals surface area (Å²) in [5.41, 5.74) is 3.45. The summed E-state index contributed by atoms with van der Waals surface area (Å²) in [6.45, 7) is 13.6. The van der Waals surface area contributed by atoms with Gasteiger partial charge in [-0.3, -0.25) is 4.79 Å². The van der Waals surface area contributed by atoms with Gasteiger partial charge in [0.15, 0.2) is 5.78 Å². The van der Waals surface area contributed by atoms with E-state index in [0.29, 0.717) is 12.6 Å². The summed E-state index contributed by atoms with van der Waals surface area (Å²) < 4.78 is 0. The van der Waals surface area contributed by atoms with Gasteiger partial charge in [0.05, 0.1) is 6.54 Å². The lowest BCUT2D eigenvalue weighted by Gasteiger charge is -2.33. The first-order valence-electron chi connectivity index (χ1n) is 8.23. The second-order valence-electron chi connectivity index (χ2n) is 8.52. The number of hydrogen-bond donors (Lipinski definition) is 2. The molecule has 0 saturated heterocycles. The lowest BCUT2D eigenvalue weighted by molar-refractivity contribution is 0.0973. The van der Waals surface area contributed by atoms with Gasteiger partial charge in [-0.1, -0.05) is 20.8 Å². The van der Waals surface area contributed by atoms with E-state index in [2.05, 4.69) is 52.2 Å². The van der Waals surface area contributed by atoms with Gasteiger partial charge in [0.25, 0.3) is 0 Å². The second kappa shape index (κ2) is 6.04. The van der Waals surface area contributed by atoms with Crippen molar-refractivity contribution in [3.63, 3.8) is 0 Å². The van der Waals surface area contributed by atoms with Crippen LogP contribution in [0.1, 0.15) is 63.9 Å². The van der Waals surface area contributed by atoms with Crippen molar-refractivity contribution in [1.29, 1.82) is 0 Å². The Morgan fingerprint density at radius 1 is 1.27 bits per heavy atom. The molecule has 1 unspecified atom stereocenters. The maximum absolute atomic E-state index is 12.5. The molecule has 0 amide bonds. The number of ketones is 1. The third-order valence-electron chi connectivity index (χ3n) is 4.05. The van der Waals surface area contributed by atoms with Crippen LogP contribution in [0.25, 0.3) is 0 Å². The third-order valence-corrected chi connectivity index (χ3v) is 4.05. The summed E-state index contributed by atoms with van der Waals surface area (Å²) in [4.78, 5) is 12.5. The van der Waals surface area contributed by atoms with E-state index in [0.717, 1.165) is 18.4 Å². The molecule has 1 heterocycles. The van der Waals surface area contributed by atoms with Crippen LogP contribution < -0.4 is 10.6 Å². The Morgan fingerprint density at radius 2 is 1.95 bits per heavy atom. The van der Waals surface area contributed by atoms with Crippen molar-refractivity contribution >= 4 is 11.5 Å². The number of carbonyl (C=O) groups is 1. The van der Waals surface area contributed by atoms with Crippen LogP contribution in [-0.4, -0.2) is 23.9 Å². The van der Waals surface area contributed by atoms with E-state index in [-0.39, 0.29) is 16.7 Å². The van der Waals surface area contributed by atoms with Gasteiger partial charge in [0.1, 0.15) is 0 Å². The van der Waals surface area contributed by atoms with Crippen LogP contribution in [0.3, 0.4) is 0 Å². The number of nitrogens with one attached hydrogen (secondary N) is 2. The molecular weight excluding hydrogens is 272 g/mol. The van der Waals surface area contributed by atoms with Gasteiger partial charge in [-0.2, -0.15) is 0 Å². The number of anilines is 1. The Hall–Kier alpha value is -1.35. The zero-order chi connectivity index (χ0) is 16.5. The Bertz CT molecular complexity index is 555. The fourth-order valence-corrected chi connectivity index (χ4v) is 3.53. The van der Waals surface area contributed by atoms with Gasteiger partial charge < -0.3 is 10.6 Å². The number of Topliss-reactive ketones (excluding diaryl/α,β-unsaturated/α-hetero) is 1. The van der Waals surface area contributed by atoms with Crippen LogP contribution in [0.4, 0.5) is 5.69 Å². The van der Waals surface area contributed by atoms with Gasteiger partial charge in [-0.25, -0.2) is 0 Å². The normalized spacial score (nSPS) is 18.0. The quantitative estimate of drug-likeness (QED) is 0.807. The summed E-state index contributed by atoms with van der Waals surface area (Å²) in [6, 6.07) is 6.48. The maximum atomic E-state index is 12.5. The van der Waals surface area contributed by atoms with E-state index in [1.165, 1.54) is 11.3 Å². The molecule has 3 nitrogen and oxygen atoms in total. The zero-order valence-electron chi connectivity index (χ0n) is 14.8. The van der Waals surface area contributed by atoms with Crippen molar-refractivity contribution < 1.29 is 4.79 Å². The number of rotatable bonds is 5. The van der Waals surface area contributed by atoms with Crippen molar-refractivity contribution in [3.8, 4) is 0 Å². The molecule has 1 aliphatic heterocycles. The van der Waals surface area contributed by atoms with E-state index in [1.807, 2.05) is 18.2 Å². The largest absolute Gasteiger partial charge is 0.382 e. The van der Waals surface area contributed by atoms with E-state index >= 15 is 0 Å². The lowest BCUT2D eigenvalue weighted by atomic mass is 9.82. The van der Waals surface area contributed by atoms with Gasteiger partial charge in [0, 0.05) is 22.8 Å². The first kappa shape index (κ1) is 17.0. The first-order chi connectivity index (χ1) is 10.1. The minimum atomic E-state index is -0.0410. The van der Waals surface area contributed by atoms with Crippen LogP contribution in [0.15, 0.2) is 18.2 Å². The number of fused-ring (bicyclic) bond motifs is 1. The Morgan fingerprint density at radius 3 is 2.59 bits per heavy atom.